The highest BCUT2D eigenvalue weighted by Crippen LogP contribution is 2.28. The Labute approximate surface area is 189 Å². The fourth-order valence-corrected chi connectivity index (χ4v) is 5.79. The van der Waals surface area contributed by atoms with E-state index < -0.39 is 6.04 Å². The number of hydrogen-bond donors (Lipinski definition) is 1. The van der Waals surface area contributed by atoms with Crippen LogP contribution in [0.4, 0.5) is 5.69 Å². The molecule has 4 rings (SSSR count). The summed E-state index contributed by atoms with van der Waals surface area (Å²) in [6, 6.07) is 10.3. The number of rotatable bonds is 5. The van der Waals surface area contributed by atoms with Crippen molar-refractivity contribution in [3.05, 3.63) is 46.7 Å². The molecule has 2 aliphatic rings. The highest BCUT2D eigenvalue weighted by Gasteiger charge is 2.39. The molecule has 2 saturated heterocycles. The Bertz CT molecular complexity index is 933. The number of piperidine rings is 1. The Balaban J connectivity index is 1.39. The maximum absolute atomic E-state index is 13.3. The Kier molecular flexibility index (Phi) is 6.82. The van der Waals surface area contributed by atoms with Gasteiger partial charge < -0.3 is 19.9 Å². The summed E-state index contributed by atoms with van der Waals surface area (Å²) >= 11 is 2.99. The quantitative estimate of drug-likeness (QED) is 0.743. The van der Waals surface area contributed by atoms with Crippen molar-refractivity contribution in [2.24, 2.45) is 5.92 Å². The van der Waals surface area contributed by atoms with Crippen LogP contribution in [-0.4, -0.2) is 65.4 Å². The number of ether oxygens (including phenoxy) is 1. The standard InChI is InChI=1S/C22H25N3O4S2/c1-29-17-8-6-16(7-9-17)23-20(26)18-13-30-14-25(18)21(27)15-4-2-10-24(12-15)22(28)19-5-3-11-31-19/h3,5-9,11,15,18H,2,4,10,12-14H2,1H3,(H,23,26). The highest BCUT2D eigenvalue weighted by atomic mass is 32.2. The number of methoxy groups -OCH3 is 1. The van der Waals surface area contributed by atoms with Crippen molar-refractivity contribution in [2.75, 3.05) is 37.1 Å². The van der Waals surface area contributed by atoms with Crippen LogP contribution in [-0.2, 0) is 9.59 Å². The van der Waals surface area contributed by atoms with E-state index in [1.807, 2.05) is 17.5 Å². The average Bonchev–Trinajstić information content (AvgIpc) is 3.51. The van der Waals surface area contributed by atoms with Gasteiger partial charge in [0.25, 0.3) is 5.91 Å². The molecule has 2 atom stereocenters. The minimum Gasteiger partial charge on any atom is -0.497 e. The molecule has 0 aliphatic carbocycles. The number of likely N-dealkylation sites (tertiary alicyclic amines) is 1. The van der Waals surface area contributed by atoms with Crippen molar-refractivity contribution >= 4 is 46.5 Å². The van der Waals surface area contributed by atoms with Gasteiger partial charge >= 0.3 is 0 Å². The maximum atomic E-state index is 13.3. The molecule has 0 saturated carbocycles. The van der Waals surface area contributed by atoms with Gasteiger partial charge in [-0.05, 0) is 48.6 Å². The van der Waals surface area contributed by atoms with Crippen LogP contribution in [0.1, 0.15) is 22.5 Å². The Hall–Kier alpha value is -2.52. The van der Waals surface area contributed by atoms with E-state index in [0.717, 1.165) is 12.8 Å². The first-order chi connectivity index (χ1) is 15.1. The van der Waals surface area contributed by atoms with Crippen LogP contribution >= 0.6 is 23.1 Å². The van der Waals surface area contributed by atoms with Gasteiger partial charge in [0.15, 0.2) is 0 Å². The largest absolute Gasteiger partial charge is 0.497 e. The number of anilines is 1. The summed E-state index contributed by atoms with van der Waals surface area (Å²) in [5, 5.41) is 4.79. The highest BCUT2D eigenvalue weighted by molar-refractivity contribution is 7.99. The number of carbonyl (C=O) groups excluding carboxylic acids is 3. The summed E-state index contributed by atoms with van der Waals surface area (Å²) in [5.74, 6) is 1.26. The van der Waals surface area contributed by atoms with Gasteiger partial charge in [0.1, 0.15) is 11.8 Å². The zero-order valence-electron chi connectivity index (χ0n) is 17.3. The number of hydrogen-bond acceptors (Lipinski definition) is 6. The Morgan fingerprint density at radius 2 is 1.97 bits per heavy atom. The van der Waals surface area contributed by atoms with E-state index >= 15 is 0 Å². The van der Waals surface area contributed by atoms with E-state index in [2.05, 4.69) is 5.32 Å². The van der Waals surface area contributed by atoms with Gasteiger partial charge in [0.2, 0.25) is 11.8 Å². The minimum atomic E-state index is -0.511. The van der Waals surface area contributed by atoms with Crippen molar-refractivity contribution in [3.8, 4) is 5.75 Å². The number of amides is 3. The lowest BCUT2D eigenvalue weighted by Gasteiger charge is -2.35. The molecule has 2 unspecified atom stereocenters. The number of carbonyl (C=O) groups is 3. The molecule has 1 aromatic carbocycles. The summed E-state index contributed by atoms with van der Waals surface area (Å²) in [7, 11) is 1.59. The van der Waals surface area contributed by atoms with E-state index in [1.165, 1.54) is 11.3 Å². The molecule has 3 amide bonds. The molecule has 2 aliphatic heterocycles. The minimum absolute atomic E-state index is 0.0166. The number of nitrogens with one attached hydrogen (secondary N) is 1. The summed E-state index contributed by atoms with van der Waals surface area (Å²) in [6.07, 6.45) is 1.53. The van der Waals surface area contributed by atoms with Gasteiger partial charge in [-0.15, -0.1) is 23.1 Å². The lowest BCUT2D eigenvalue weighted by atomic mass is 9.96. The predicted octanol–water partition coefficient (Wildman–Crippen LogP) is 3.15. The second kappa shape index (κ2) is 9.74. The van der Waals surface area contributed by atoms with E-state index in [1.54, 1.807) is 52.9 Å². The summed E-state index contributed by atoms with van der Waals surface area (Å²) in [5.41, 5.74) is 0.667. The molecule has 31 heavy (non-hydrogen) atoms. The van der Waals surface area contributed by atoms with Crippen LogP contribution < -0.4 is 10.1 Å². The first-order valence-electron chi connectivity index (χ1n) is 10.2. The zero-order valence-corrected chi connectivity index (χ0v) is 18.9. The molecule has 7 nitrogen and oxygen atoms in total. The molecule has 0 radical (unpaired) electrons. The Morgan fingerprint density at radius 3 is 2.68 bits per heavy atom. The van der Waals surface area contributed by atoms with Crippen LogP contribution in [0.15, 0.2) is 41.8 Å². The average molecular weight is 460 g/mol. The topological polar surface area (TPSA) is 79.0 Å². The number of benzene rings is 1. The number of nitrogens with zero attached hydrogens (tertiary/aromatic N) is 2. The molecule has 164 valence electrons. The molecule has 0 spiro atoms. The summed E-state index contributed by atoms with van der Waals surface area (Å²) in [6.45, 7) is 1.07. The van der Waals surface area contributed by atoms with Crippen molar-refractivity contribution in [1.29, 1.82) is 0 Å². The van der Waals surface area contributed by atoms with Crippen LogP contribution in [0.2, 0.25) is 0 Å². The smallest absolute Gasteiger partial charge is 0.263 e. The molecule has 2 aromatic rings. The van der Waals surface area contributed by atoms with Crippen molar-refractivity contribution in [2.45, 2.75) is 18.9 Å². The van der Waals surface area contributed by atoms with E-state index in [0.29, 0.717) is 41.0 Å². The fraction of sp³-hybridized carbons (Fsp3) is 0.409. The Morgan fingerprint density at radius 1 is 1.16 bits per heavy atom. The second-order valence-electron chi connectivity index (χ2n) is 7.61. The van der Waals surface area contributed by atoms with Gasteiger partial charge in [-0.3, -0.25) is 14.4 Å². The molecule has 1 aromatic heterocycles. The third-order valence-electron chi connectivity index (χ3n) is 5.62. The van der Waals surface area contributed by atoms with Crippen molar-refractivity contribution in [3.63, 3.8) is 0 Å². The third-order valence-corrected chi connectivity index (χ3v) is 7.49. The third kappa shape index (κ3) is 4.88. The lowest BCUT2D eigenvalue weighted by Crippen LogP contribution is -2.50. The maximum Gasteiger partial charge on any atom is 0.263 e. The van der Waals surface area contributed by atoms with Crippen LogP contribution in [0.5, 0.6) is 5.75 Å². The van der Waals surface area contributed by atoms with Gasteiger partial charge in [0.05, 0.1) is 23.8 Å². The van der Waals surface area contributed by atoms with Gasteiger partial charge in [-0.25, -0.2) is 0 Å². The molecule has 3 heterocycles. The molecular formula is C22H25N3O4S2. The fourth-order valence-electron chi connectivity index (χ4n) is 3.93. The first kappa shape index (κ1) is 21.7. The van der Waals surface area contributed by atoms with Crippen LogP contribution in [0.3, 0.4) is 0 Å². The summed E-state index contributed by atoms with van der Waals surface area (Å²) < 4.78 is 5.14. The number of thiophene rings is 1. The number of thioether (sulfide) groups is 1. The van der Waals surface area contributed by atoms with Gasteiger partial charge in [0, 0.05) is 24.5 Å². The molecule has 1 N–H and O–H groups in total. The van der Waals surface area contributed by atoms with Crippen LogP contribution in [0, 0.1) is 5.92 Å². The predicted molar refractivity (Wildman–Crippen MR) is 123 cm³/mol. The van der Waals surface area contributed by atoms with E-state index in [4.69, 9.17) is 4.74 Å². The first-order valence-corrected chi connectivity index (χ1v) is 12.3. The van der Waals surface area contributed by atoms with Crippen molar-refractivity contribution < 1.29 is 19.1 Å². The van der Waals surface area contributed by atoms with Gasteiger partial charge in [-0.2, -0.15) is 0 Å². The summed E-state index contributed by atoms with van der Waals surface area (Å²) in [4.78, 5) is 43.0. The monoisotopic (exact) mass is 459 g/mol. The molecule has 9 heteroatoms. The van der Waals surface area contributed by atoms with Crippen molar-refractivity contribution in [1.82, 2.24) is 9.80 Å². The molecular weight excluding hydrogens is 434 g/mol. The zero-order chi connectivity index (χ0) is 21.8. The molecule has 2 fully saturated rings. The van der Waals surface area contributed by atoms with E-state index in [9.17, 15) is 14.4 Å². The van der Waals surface area contributed by atoms with E-state index in [-0.39, 0.29) is 23.6 Å². The lowest BCUT2D eigenvalue weighted by molar-refractivity contribution is -0.140. The SMILES string of the molecule is COc1ccc(NC(=O)C2CSCN2C(=O)C2CCCN(C(=O)c3cccs3)C2)cc1. The van der Waals surface area contributed by atoms with Gasteiger partial charge in [-0.1, -0.05) is 6.07 Å². The second-order valence-corrected chi connectivity index (χ2v) is 9.56. The normalized spacial score (nSPS) is 21.1. The van der Waals surface area contributed by atoms with Crippen LogP contribution in [0.25, 0.3) is 0 Å². The molecule has 0 bridgehead atoms.